The predicted octanol–water partition coefficient (Wildman–Crippen LogP) is 3.64. The molecule has 172 valence electrons. The molecule has 1 amide bonds. The second-order valence-electron chi connectivity index (χ2n) is 8.72. The lowest BCUT2D eigenvalue weighted by Crippen LogP contribution is -2.56. The van der Waals surface area contributed by atoms with E-state index in [1.54, 1.807) is 36.2 Å². The summed E-state index contributed by atoms with van der Waals surface area (Å²) in [6, 6.07) is 18.5. The van der Waals surface area contributed by atoms with Crippen molar-refractivity contribution in [3.63, 3.8) is 0 Å². The van der Waals surface area contributed by atoms with E-state index in [0.29, 0.717) is 17.0 Å². The van der Waals surface area contributed by atoms with Crippen LogP contribution in [-0.2, 0) is 26.3 Å². The van der Waals surface area contributed by atoms with E-state index in [2.05, 4.69) is 22.0 Å². The molecule has 0 N–H and O–H groups in total. The van der Waals surface area contributed by atoms with Crippen molar-refractivity contribution in [1.82, 2.24) is 15.1 Å². The molecule has 1 saturated heterocycles. The summed E-state index contributed by atoms with van der Waals surface area (Å²) >= 11 is 0. The molecule has 1 unspecified atom stereocenters. The van der Waals surface area contributed by atoms with Gasteiger partial charge in [0, 0.05) is 12.6 Å². The number of rotatable bonds is 4. The highest BCUT2D eigenvalue weighted by Crippen LogP contribution is 2.47. The molecule has 2 heterocycles. The minimum Gasteiger partial charge on any atom is -0.460 e. The average Bonchev–Trinajstić information content (AvgIpc) is 3.03. The fraction of sp³-hybridized carbons (Fsp3) is 0.259. The molecule has 1 aliphatic heterocycles. The number of likely N-dealkylation sites (tertiary alicyclic amines) is 1. The van der Waals surface area contributed by atoms with Gasteiger partial charge in [-0.05, 0) is 61.7 Å². The average molecular weight is 458 g/mol. The number of benzene rings is 2. The van der Waals surface area contributed by atoms with Crippen LogP contribution < -0.4 is 0 Å². The van der Waals surface area contributed by atoms with Gasteiger partial charge in [0.25, 0.3) is 0 Å². The van der Waals surface area contributed by atoms with Gasteiger partial charge in [0.05, 0.1) is 17.7 Å². The number of nitrogens with zero attached hydrogens (tertiary/aromatic N) is 3. The summed E-state index contributed by atoms with van der Waals surface area (Å²) in [7, 11) is 1.67. The van der Waals surface area contributed by atoms with Crippen molar-refractivity contribution in [3.05, 3.63) is 95.1 Å². The molecule has 4 rings (SSSR count). The van der Waals surface area contributed by atoms with Gasteiger partial charge in [-0.1, -0.05) is 36.3 Å². The third-order valence-corrected chi connectivity index (χ3v) is 6.52. The summed E-state index contributed by atoms with van der Waals surface area (Å²) in [6.07, 6.45) is -0.0700. The van der Waals surface area contributed by atoms with Crippen molar-refractivity contribution >= 4 is 11.9 Å². The molecule has 1 fully saturated rings. The number of amides is 1. The summed E-state index contributed by atoms with van der Waals surface area (Å²) in [5, 5.41) is 8.49. The van der Waals surface area contributed by atoms with Crippen LogP contribution in [0.25, 0.3) is 0 Å². The summed E-state index contributed by atoms with van der Waals surface area (Å²) in [5.74, 6) is 4.75. The maximum atomic E-state index is 13.5. The molecule has 0 aliphatic carbocycles. The summed E-state index contributed by atoms with van der Waals surface area (Å²) in [5.41, 5.74) is -0.00879. The molecule has 3 aromatic rings. The molecule has 1 atom stereocenters. The number of hydrogen-bond donors (Lipinski definition) is 0. The maximum Gasteiger partial charge on any atom is 0.321 e. The van der Waals surface area contributed by atoms with Crippen LogP contribution >= 0.6 is 0 Å². The second-order valence-corrected chi connectivity index (χ2v) is 8.72. The first-order valence-electron chi connectivity index (χ1n) is 10.8. The minimum absolute atomic E-state index is 0.0700. The van der Waals surface area contributed by atoms with Gasteiger partial charge in [0.2, 0.25) is 5.91 Å². The molecule has 0 saturated carbocycles. The zero-order valence-electron chi connectivity index (χ0n) is 19.2. The van der Waals surface area contributed by atoms with E-state index in [1.807, 2.05) is 44.2 Å². The number of ether oxygens (including phenoxy) is 1. The van der Waals surface area contributed by atoms with Crippen molar-refractivity contribution in [2.75, 3.05) is 7.05 Å². The summed E-state index contributed by atoms with van der Waals surface area (Å²) < 4.78 is 18.8. The largest absolute Gasteiger partial charge is 0.460 e. The molecule has 1 aromatic heterocycles. The van der Waals surface area contributed by atoms with Crippen LogP contribution in [0.4, 0.5) is 4.39 Å². The van der Waals surface area contributed by atoms with Crippen LogP contribution in [0.3, 0.4) is 0 Å². The number of carbonyl (C=O) groups excluding carboxylic acids is 2. The molecule has 0 bridgehead atoms. The fourth-order valence-electron chi connectivity index (χ4n) is 4.13. The normalized spacial score (nSPS) is 18.8. The lowest BCUT2D eigenvalue weighted by Gasteiger charge is -2.40. The van der Waals surface area contributed by atoms with E-state index in [9.17, 15) is 14.0 Å². The van der Waals surface area contributed by atoms with Gasteiger partial charge in [-0.25, -0.2) is 4.39 Å². The van der Waals surface area contributed by atoms with Crippen molar-refractivity contribution < 1.29 is 18.7 Å². The maximum absolute atomic E-state index is 13.5. The van der Waals surface area contributed by atoms with Gasteiger partial charge < -0.3 is 9.64 Å². The molecular weight excluding hydrogens is 433 g/mol. The highest BCUT2D eigenvalue weighted by Gasteiger charge is 2.64. The van der Waals surface area contributed by atoms with Gasteiger partial charge in [-0.3, -0.25) is 9.59 Å². The third kappa shape index (κ3) is 4.15. The number of likely N-dealkylation sites (N-methyl/N-ethyl adjacent to an activating group) is 1. The number of esters is 1. The van der Waals surface area contributed by atoms with Gasteiger partial charge in [0.1, 0.15) is 23.5 Å². The van der Waals surface area contributed by atoms with E-state index in [1.165, 1.54) is 12.1 Å². The van der Waals surface area contributed by atoms with Crippen LogP contribution in [0.15, 0.2) is 66.7 Å². The van der Waals surface area contributed by atoms with Crippen LogP contribution in [0.2, 0.25) is 0 Å². The number of carbonyl (C=O) groups is 2. The zero-order valence-corrected chi connectivity index (χ0v) is 19.2. The van der Waals surface area contributed by atoms with Gasteiger partial charge in [-0.2, -0.15) is 5.10 Å². The Bertz CT molecular complexity index is 1260. The van der Waals surface area contributed by atoms with Crippen LogP contribution in [0.5, 0.6) is 0 Å². The molecule has 1 aliphatic rings. The molecular formula is C27H24FN3O3. The summed E-state index contributed by atoms with van der Waals surface area (Å²) in [4.78, 5) is 27.8. The Morgan fingerprint density at radius 3 is 2.32 bits per heavy atom. The zero-order chi connectivity index (χ0) is 24.3. The Hall–Kier alpha value is -4.05. The Kier molecular flexibility index (Phi) is 6.16. The Morgan fingerprint density at radius 2 is 1.74 bits per heavy atom. The number of hydrogen-bond acceptors (Lipinski definition) is 5. The van der Waals surface area contributed by atoms with Gasteiger partial charge in [-0.15, -0.1) is 5.10 Å². The number of halogens is 1. The third-order valence-electron chi connectivity index (χ3n) is 6.52. The first-order valence-corrected chi connectivity index (χ1v) is 10.8. The Labute approximate surface area is 197 Å². The molecule has 2 aromatic carbocycles. The Morgan fingerprint density at radius 1 is 1.03 bits per heavy atom. The van der Waals surface area contributed by atoms with Crippen molar-refractivity contribution in [3.8, 4) is 11.8 Å². The smallest absolute Gasteiger partial charge is 0.321 e. The predicted molar refractivity (Wildman–Crippen MR) is 124 cm³/mol. The van der Waals surface area contributed by atoms with Gasteiger partial charge >= 0.3 is 5.97 Å². The minimum atomic E-state index is -1.33. The van der Waals surface area contributed by atoms with E-state index < -0.39 is 16.9 Å². The van der Waals surface area contributed by atoms with Crippen LogP contribution in [-0.4, -0.2) is 39.6 Å². The van der Waals surface area contributed by atoms with Gasteiger partial charge in [0.15, 0.2) is 0 Å². The second kappa shape index (κ2) is 9.06. The first-order chi connectivity index (χ1) is 16.2. The van der Waals surface area contributed by atoms with Crippen molar-refractivity contribution in [1.29, 1.82) is 0 Å². The lowest BCUT2D eigenvalue weighted by atomic mass is 9.69. The van der Waals surface area contributed by atoms with Crippen molar-refractivity contribution in [2.45, 2.75) is 37.8 Å². The molecule has 6 nitrogen and oxygen atoms in total. The fourth-order valence-corrected chi connectivity index (χ4v) is 4.13. The van der Waals surface area contributed by atoms with Crippen molar-refractivity contribution in [2.24, 2.45) is 0 Å². The van der Waals surface area contributed by atoms with E-state index in [4.69, 9.17) is 4.74 Å². The first kappa shape index (κ1) is 23.1. The summed E-state index contributed by atoms with van der Waals surface area (Å²) in [6.45, 7) is 3.74. The highest BCUT2D eigenvalue weighted by molar-refractivity contribution is 5.96. The SMILES string of the molecule is CN1C(=O)CC(C(=O)OCc2ccccc2)(c2ccc(C#Cc3ccc(F)cc3)nn2)C1(C)C. The monoisotopic (exact) mass is 457 g/mol. The lowest BCUT2D eigenvalue weighted by molar-refractivity contribution is -0.155. The quantitative estimate of drug-likeness (QED) is 0.442. The Balaban J connectivity index is 1.65. The standard InChI is InChI=1S/C27H24FN3O3/c1-26(2)27(17-24(32)31(26)3,25(33)34-18-20-7-5-4-6-8-20)23-16-15-22(29-30-23)14-11-19-9-12-21(28)13-10-19/h4-10,12-13,15-16H,17-18H2,1-3H3. The van der Waals surface area contributed by atoms with E-state index in [0.717, 1.165) is 5.56 Å². The highest BCUT2D eigenvalue weighted by atomic mass is 19.1. The van der Waals surface area contributed by atoms with Crippen LogP contribution in [0, 0.1) is 17.7 Å². The number of aromatic nitrogens is 2. The van der Waals surface area contributed by atoms with E-state index in [-0.39, 0.29) is 24.8 Å². The van der Waals surface area contributed by atoms with Crippen LogP contribution in [0.1, 0.15) is 42.8 Å². The molecule has 34 heavy (non-hydrogen) atoms. The molecule has 7 heteroatoms. The molecule has 0 spiro atoms. The van der Waals surface area contributed by atoms with E-state index >= 15 is 0 Å². The topological polar surface area (TPSA) is 72.4 Å². The molecule has 0 radical (unpaired) electrons.